The van der Waals surface area contributed by atoms with E-state index in [9.17, 15) is 30.3 Å². The molecule has 1 amide bonds. The van der Waals surface area contributed by atoms with E-state index in [2.05, 4.69) is 153 Å². The smallest absolute Gasteiger partial charge is 0.220 e. The van der Waals surface area contributed by atoms with Gasteiger partial charge in [-0.15, -0.1) is 0 Å². The van der Waals surface area contributed by atoms with Gasteiger partial charge in [-0.1, -0.05) is 173 Å². The van der Waals surface area contributed by atoms with E-state index in [0.717, 1.165) is 96.3 Å². The first-order valence-electron chi connectivity index (χ1n) is 24.6. The quantitative estimate of drug-likeness (QED) is 0.0265. The van der Waals surface area contributed by atoms with Crippen molar-refractivity contribution in [3.05, 3.63) is 146 Å². The largest absolute Gasteiger partial charge is 0.394 e. The first-order chi connectivity index (χ1) is 31.8. The molecule has 0 aliphatic carbocycles. The molecule has 9 nitrogen and oxygen atoms in total. The summed E-state index contributed by atoms with van der Waals surface area (Å²) in [5, 5.41) is 54.0. The number of amides is 1. The lowest BCUT2D eigenvalue weighted by atomic mass is 9.99. The van der Waals surface area contributed by atoms with Gasteiger partial charge in [-0.3, -0.25) is 4.79 Å². The van der Waals surface area contributed by atoms with Crippen molar-refractivity contribution in [2.24, 2.45) is 0 Å². The summed E-state index contributed by atoms with van der Waals surface area (Å²) in [6.45, 7) is 3.52. The summed E-state index contributed by atoms with van der Waals surface area (Å²) < 4.78 is 11.1. The third-order valence-corrected chi connectivity index (χ3v) is 10.4. The minimum atomic E-state index is -1.59. The number of rotatable bonds is 38. The maximum atomic E-state index is 12.9. The van der Waals surface area contributed by atoms with E-state index < -0.39 is 49.5 Å². The van der Waals surface area contributed by atoms with Crippen LogP contribution in [0, 0.1) is 0 Å². The van der Waals surface area contributed by atoms with E-state index in [4.69, 9.17) is 9.47 Å². The van der Waals surface area contributed by atoms with Gasteiger partial charge in [0.1, 0.15) is 24.4 Å². The number of unbranched alkanes of at least 4 members (excludes halogenated alkanes) is 6. The van der Waals surface area contributed by atoms with Gasteiger partial charge in [-0.05, 0) is 109 Å². The molecule has 0 aromatic heterocycles. The first kappa shape index (κ1) is 59.1. The molecule has 1 aliphatic rings. The molecular formula is C56H87NO8. The fourth-order valence-corrected chi connectivity index (χ4v) is 6.49. The number of aliphatic hydroxyl groups is 5. The molecule has 1 aliphatic heterocycles. The van der Waals surface area contributed by atoms with Gasteiger partial charge >= 0.3 is 0 Å². The van der Waals surface area contributed by atoms with E-state index in [1.165, 1.54) is 19.3 Å². The van der Waals surface area contributed by atoms with Crippen LogP contribution in [0.1, 0.15) is 142 Å². The Labute approximate surface area is 393 Å². The zero-order valence-electron chi connectivity index (χ0n) is 39.9. The third kappa shape index (κ3) is 34.1. The summed E-state index contributed by atoms with van der Waals surface area (Å²) in [6.07, 6.45) is 62.1. The van der Waals surface area contributed by atoms with E-state index in [0.29, 0.717) is 6.42 Å². The van der Waals surface area contributed by atoms with Gasteiger partial charge in [0.2, 0.25) is 5.91 Å². The monoisotopic (exact) mass is 902 g/mol. The lowest BCUT2D eigenvalue weighted by Gasteiger charge is -2.40. The van der Waals surface area contributed by atoms with E-state index in [1.54, 1.807) is 6.08 Å². The number of aliphatic hydroxyl groups excluding tert-OH is 5. The summed E-state index contributed by atoms with van der Waals surface area (Å²) >= 11 is 0. The van der Waals surface area contributed by atoms with Gasteiger partial charge in [0.15, 0.2) is 6.29 Å². The van der Waals surface area contributed by atoms with Crippen molar-refractivity contribution in [1.82, 2.24) is 5.32 Å². The molecule has 65 heavy (non-hydrogen) atoms. The van der Waals surface area contributed by atoms with Crippen LogP contribution in [0.2, 0.25) is 0 Å². The van der Waals surface area contributed by atoms with Crippen molar-refractivity contribution in [3.63, 3.8) is 0 Å². The zero-order chi connectivity index (χ0) is 47.3. The minimum absolute atomic E-state index is 0.230. The highest BCUT2D eigenvalue weighted by Crippen LogP contribution is 2.22. The van der Waals surface area contributed by atoms with Crippen LogP contribution in [0.25, 0.3) is 0 Å². The van der Waals surface area contributed by atoms with Crippen LogP contribution in [0.4, 0.5) is 0 Å². The zero-order valence-corrected chi connectivity index (χ0v) is 39.9. The lowest BCUT2D eigenvalue weighted by Crippen LogP contribution is -2.60. The molecule has 9 heteroatoms. The number of carbonyl (C=O) groups is 1. The summed E-state index contributed by atoms with van der Waals surface area (Å²) in [5.41, 5.74) is 0. The van der Waals surface area contributed by atoms with Crippen LogP contribution in [-0.2, 0) is 14.3 Å². The molecule has 6 N–H and O–H groups in total. The van der Waals surface area contributed by atoms with E-state index in [1.807, 2.05) is 6.08 Å². The average Bonchev–Trinajstić information content (AvgIpc) is 3.31. The molecule has 1 rings (SSSR count). The highest BCUT2D eigenvalue weighted by molar-refractivity contribution is 5.76. The minimum Gasteiger partial charge on any atom is -0.394 e. The molecule has 364 valence electrons. The maximum Gasteiger partial charge on any atom is 0.220 e. The number of ether oxygens (including phenoxy) is 2. The Morgan fingerprint density at radius 1 is 0.538 bits per heavy atom. The highest BCUT2D eigenvalue weighted by atomic mass is 16.7. The molecule has 1 fully saturated rings. The second-order valence-corrected chi connectivity index (χ2v) is 16.2. The second-order valence-electron chi connectivity index (χ2n) is 16.2. The van der Waals surface area contributed by atoms with Gasteiger partial charge in [0.05, 0.1) is 25.4 Å². The molecule has 1 heterocycles. The Balaban J connectivity index is 2.27. The summed E-state index contributed by atoms with van der Waals surface area (Å²) in [6, 6.07) is -0.854. The van der Waals surface area contributed by atoms with Crippen molar-refractivity contribution in [1.29, 1.82) is 0 Å². The molecule has 0 aromatic carbocycles. The fraction of sp³-hybridized carbons (Fsp3) is 0.554. The maximum absolute atomic E-state index is 12.9. The number of hydrogen-bond acceptors (Lipinski definition) is 8. The van der Waals surface area contributed by atoms with Gasteiger partial charge in [-0.25, -0.2) is 0 Å². The molecule has 7 atom stereocenters. The van der Waals surface area contributed by atoms with Crippen molar-refractivity contribution in [3.8, 4) is 0 Å². The molecule has 0 saturated carbocycles. The van der Waals surface area contributed by atoms with Crippen molar-refractivity contribution in [2.45, 2.75) is 185 Å². The number of nitrogens with one attached hydrogen (secondary N) is 1. The van der Waals surface area contributed by atoms with Crippen LogP contribution in [0.3, 0.4) is 0 Å². The van der Waals surface area contributed by atoms with E-state index in [-0.39, 0.29) is 18.9 Å². The van der Waals surface area contributed by atoms with Gasteiger partial charge < -0.3 is 40.3 Å². The van der Waals surface area contributed by atoms with Crippen molar-refractivity contribution in [2.75, 3.05) is 13.2 Å². The molecular weight excluding hydrogens is 815 g/mol. The van der Waals surface area contributed by atoms with Crippen LogP contribution in [0.15, 0.2) is 146 Å². The topological polar surface area (TPSA) is 149 Å². The molecule has 0 aromatic rings. The molecule has 0 radical (unpaired) electrons. The fourth-order valence-electron chi connectivity index (χ4n) is 6.49. The third-order valence-electron chi connectivity index (χ3n) is 10.4. The van der Waals surface area contributed by atoms with E-state index >= 15 is 0 Å². The lowest BCUT2D eigenvalue weighted by molar-refractivity contribution is -0.302. The van der Waals surface area contributed by atoms with Crippen molar-refractivity contribution >= 4 is 5.91 Å². The van der Waals surface area contributed by atoms with Crippen molar-refractivity contribution < 1.29 is 39.8 Å². The Hall–Kier alpha value is -3.93. The second kappa shape index (κ2) is 43.9. The van der Waals surface area contributed by atoms with Gasteiger partial charge in [-0.2, -0.15) is 0 Å². The summed E-state index contributed by atoms with van der Waals surface area (Å²) in [7, 11) is 0. The highest BCUT2D eigenvalue weighted by Gasteiger charge is 2.44. The Bertz CT molecular complexity index is 1510. The van der Waals surface area contributed by atoms with Crippen LogP contribution >= 0.6 is 0 Å². The predicted octanol–water partition coefficient (Wildman–Crippen LogP) is 11.2. The molecule has 7 unspecified atom stereocenters. The summed E-state index contributed by atoms with van der Waals surface area (Å²) in [5.74, 6) is -0.241. The number of carbonyl (C=O) groups excluding carboxylic acids is 1. The molecule has 1 saturated heterocycles. The normalized spacial score (nSPS) is 21.2. The average molecular weight is 902 g/mol. The predicted molar refractivity (Wildman–Crippen MR) is 271 cm³/mol. The Morgan fingerprint density at radius 3 is 1.42 bits per heavy atom. The van der Waals surface area contributed by atoms with Crippen LogP contribution in [0.5, 0.6) is 0 Å². The number of hydrogen-bond donors (Lipinski definition) is 6. The van der Waals surface area contributed by atoms with Crippen LogP contribution in [-0.4, -0.2) is 87.5 Å². The van der Waals surface area contributed by atoms with Crippen LogP contribution < -0.4 is 5.32 Å². The number of allylic oxidation sites excluding steroid dienone is 23. The summed E-state index contributed by atoms with van der Waals surface area (Å²) in [4.78, 5) is 12.9. The SMILES string of the molecule is CC/C=C\C/C=C\C/C=C\C/C=C\C/C=C\C/C=C\C/C=C\C/C=C\C/C=C\C/C=C\CCCCC(=O)NC(COC1OC(CO)C(O)C(O)C1O)C(O)/C=C/CC/C=C/CCCCC. The Morgan fingerprint density at radius 2 is 0.954 bits per heavy atom. The first-order valence-corrected chi connectivity index (χ1v) is 24.6. The van der Waals surface area contributed by atoms with Gasteiger partial charge in [0, 0.05) is 6.42 Å². The molecule has 0 spiro atoms. The van der Waals surface area contributed by atoms with Gasteiger partial charge in [0.25, 0.3) is 0 Å². The molecule has 0 bridgehead atoms. The Kier molecular flexibility index (Phi) is 39.9. The standard InChI is InChI=1S/C56H87NO8/c1-3-5-7-9-11-13-14-15-16-17-18-19-20-21-22-23-24-25-26-27-28-29-30-31-32-33-34-35-36-38-40-42-44-46-52(60)57-49(50(59)45-43-41-39-37-12-10-8-6-4-2)48-64-56-55(63)54(62)53(61)51(47-58)65-56/h5,7,11-13,15-16,18-19,21-22,24-25,27-28,30-31,33-34,36-38,43,45,49-51,53-56,58-59,61-63H,3-4,6,8-10,14,17,20,23,26,29,32,35,39-42,44,46-48H2,1-2H3,(H,57,60)/b7-5-,13-11-,16-15-,19-18-,22-21-,25-24-,28-27-,31-30-,34-33-,37-12+,38-36-,45-43+.